The number of pyridine rings is 1. The summed E-state index contributed by atoms with van der Waals surface area (Å²) in [6.45, 7) is 1.91. The van der Waals surface area contributed by atoms with E-state index >= 15 is 0 Å². The largest absolute Gasteiger partial charge is 0.399 e. The molecule has 0 amide bonds. The van der Waals surface area contributed by atoms with E-state index in [0.717, 1.165) is 31.6 Å². The van der Waals surface area contributed by atoms with Crippen LogP contribution in [0, 0.1) is 5.95 Å². The van der Waals surface area contributed by atoms with Crippen molar-refractivity contribution in [3.63, 3.8) is 0 Å². The molecule has 14 heavy (non-hydrogen) atoms. The molecule has 1 aromatic rings. The number of hydrogen-bond acceptors (Lipinski definition) is 3. The summed E-state index contributed by atoms with van der Waals surface area (Å²) in [6.07, 6.45) is 2.17. The third-order valence-corrected chi connectivity index (χ3v) is 2.55. The Morgan fingerprint density at radius 1 is 1.50 bits per heavy atom. The van der Waals surface area contributed by atoms with Gasteiger partial charge < -0.3 is 11.1 Å². The van der Waals surface area contributed by atoms with E-state index in [4.69, 9.17) is 5.73 Å². The summed E-state index contributed by atoms with van der Waals surface area (Å²) in [5, 5.41) is 3.27. The quantitative estimate of drug-likeness (QED) is 0.663. The summed E-state index contributed by atoms with van der Waals surface area (Å²) >= 11 is 0. The highest BCUT2D eigenvalue weighted by Crippen LogP contribution is 2.23. The molecule has 2 heterocycles. The van der Waals surface area contributed by atoms with Crippen LogP contribution in [0.25, 0.3) is 0 Å². The summed E-state index contributed by atoms with van der Waals surface area (Å²) in [7, 11) is 0. The summed E-state index contributed by atoms with van der Waals surface area (Å²) in [5.41, 5.74) is 6.80. The molecule has 1 aliphatic rings. The molecule has 1 fully saturated rings. The molecule has 2 rings (SSSR count). The molecule has 0 radical (unpaired) electrons. The third-order valence-electron chi connectivity index (χ3n) is 2.55. The molecule has 76 valence electrons. The van der Waals surface area contributed by atoms with E-state index in [1.807, 2.05) is 0 Å². The number of anilines is 1. The summed E-state index contributed by atoms with van der Waals surface area (Å²) in [4.78, 5) is 3.87. The molecule has 1 aromatic heterocycles. The minimum absolute atomic E-state index is 0.307. The topological polar surface area (TPSA) is 50.9 Å². The molecule has 0 spiro atoms. The van der Waals surface area contributed by atoms with Gasteiger partial charge in [-0.1, -0.05) is 0 Å². The Labute approximate surface area is 82.5 Å². The Morgan fingerprint density at radius 3 is 3.00 bits per heavy atom. The van der Waals surface area contributed by atoms with Gasteiger partial charge in [-0.05, 0) is 25.5 Å². The van der Waals surface area contributed by atoms with Crippen LogP contribution in [-0.2, 0) is 0 Å². The molecular formula is C10H14FN3. The maximum Gasteiger partial charge on any atom is 0.215 e. The number of nitrogens with one attached hydrogen (secondary N) is 1. The van der Waals surface area contributed by atoms with E-state index in [0.29, 0.717) is 11.6 Å². The molecule has 4 heteroatoms. The number of piperidine rings is 1. The fourth-order valence-electron chi connectivity index (χ4n) is 1.85. The molecule has 0 aliphatic carbocycles. The average molecular weight is 195 g/mol. The van der Waals surface area contributed by atoms with E-state index in [1.165, 1.54) is 6.07 Å². The Hall–Kier alpha value is -1.16. The van der Waals surface area contributed by atoms with Gasteiger partial charge >= 0.3 is 0 Å². The van der Waals surface area contributed by atoms with Crippen molar-refractivity contribution in [2.75, 3.05) is 18.8 Å². The van der Waals surface area contributed by atoms with Crippen LogP contribution in [0.4, 0.5) is 10.1 Å². The lowest BCUT2D eigenvalue weighted by Crippen LogP contribution is -2.29. The number of rotatable bonds is 1. The van der Waals surface area contributed by atoms with Gasteiger partial charge in [-0.3, -0.25) is 0 Å². The number of hydrogen-bond donors (Lipinski definition) is 2. The second-order valence-electron chi connectivity index (χ2n) is 3.69. The van der Waals surface area contributed by atoms with E-state index in [-0.39, 0.29) is 0 Å². The first kappa shape index (κ1) is 9.40. The maximum absolute atomic E-state index is 13.0. The van der Waals surface area contributed by atoms with Gasteiger partial charge in [0.1, 0.15) is 0 Å². The van der Waals surface area contributed by atoms with Crippen LogP contribution >= 0.6 is 0 Å². The second-order valence-corrected chi connectivity index (χ2v) is 3.69. The van der Waals surface area contributed by atoms with Crippen LogP contribution in [0.15, 0.2) is 12.1 Å². The summed E-state index contributed by atoms with van der Waals surface area (Å²) in [6, 6.07) is 3.01. The first-order valence-electron chi connectivity index (χ1n) is 4.89. The van der Waals surface area contributed by atoms with Gasteiger partial charge in [0.05, 0.1) is 5.69 Å². The molecule has 1 atom stereocenters. The van der Waals surface area contributed by atoms with E-state index in [2.05, 4.69) is 10.3 Å². The number of nitrogens with two attached hydrogens (primary N) is 1. The van der Waals surface area contributed by atoms with Gasteiger partial charge in [0, 0.05) is 24.2 Å². The lowest BCUT2D eigenvalue weighted by atomic mass is 9.95. The zero-order valence-electron chi connectivity index (χ0n) is 7.96. The fraction of sp³-hybridized carbons (Fsp3) is 0.500. The van der Waals surface area contributed by atoms with Crippen molar-refractivity contribution >= 4 is 5.69 Å². The highest BCUT2D eigenvalue weighted by molar-refractivity contribution is 5.38. The van der Waals surface area contributed by atoms with Crippen molar-refractivity contribution in [2.24, 2.45) is 0 Å². The second kappa shape index (κ2) is 3.92. The molecule has 0 bridgehead atoms. The maximum atomic E-state index is 13.0. The first-order chi connectivity index (χ1) is 6.75. The van der Waals surface area contributed by atoms with Crippen LogP contribution in [0.5, 0.6) is 0 Å². The van der Waals surface area contributed by atoms with Gasteiger partial charge in [0.2, 0.25) is 5.95 Å². The van der Waals surface area contributed by atoms with Crippen LogP contribution in [0.1, 0.15) is 24.5 Å². The standard InChI is InChI=1S/C10H14FN3/c11-10-5-8(12)4-9(14-10)7-2-1-3-13-6-7/h4-5,7,13H,1-3,6H2,(H2,12,14). The SMILES string of the molecule is Nc1cc(F)nc(C2CCCNC2)c1. The zero-order chi connectivity index (χ0) is 9.97. The van der Waals surface area contributed by atoms with Crippen LogP contribution in [0.3, 0.4) is 0 Å². The highest BCUT2D eigenvalue weighted by atomic mass is 19.1. The van der Waals surface area contributed by atoms with Crippen LogP contribution < -0.4 is 11.1 Å². The van der Waals surface area contributed by atoms with Gasteiger partial charge in [-0.15, -0.1) is 0 Å². The van der Waals surface area contributed by atoms with Crippen molar-refractivity contribution in [2.45, 2.75) is 18.8 Å². The third kappa shape index (κ3) is 2.01. The van der Waals surface area contributed by atoms with Gasteiger partial charge in [-0.25, -0.2) is 4.98 Å². The van der Waals surface area contributed by atoms with Crippen molar-refractivity contribution in [1.29, 1.82) is 0 Å². The molecule has 3 nitrogen and oxygen atoms in total. The number of aromatic nitrogens is 1. The monoisotopic (exact) mass is 195 g/mol. The van der Waals surface area contributed by atoms with Crippen molar-refractivity contribution in [3.8, 4) is 0 Å². The molecule has 3 N–H and O–H groups in total. The van der Waals surface area contributed by atoms with Crippen LogP contribution in [0.2, 0.25) is 0 Å². The minimum Gasteiger partial charge on any atom is -0.399 e. The number of nitrogen functional groups attached to an aromatic ring is 1. The van der Waals surface area contributed by atoms with Crippen LogP contribution in [-0.4, -0.2) is 18.1 Å². The average Bonchev–Trinajstić information content (AvgIpc) is 2.18. The summed E-state index contributed by atoms with van der Waals surface area (Å²) in [5.74, 6) is -0.174. The minimum atomic E-state index is -0.481. The van der Waals surface area contributed by atoms with E-state index in [9.17, 15) is 4.39 Å². The van der Waals surface area contributed by atoms with Gasteiger partial charge in [-0.2, -0.15) is 4.39 Å². The summed E-state index contributed by atoms with van der Waals surface area (Å²) < 4.78 is 13.0. The fourth-order valence-corrected chi connectivity index (χ4v) is 1.85. The Balaban J connectivity index is 2.21. The predicted octanol–water partition coefficient (Wildman–Crippen LogP) is 1.27. The van der Waals surface area contributed by atoms with Crippen molar-refractivity contribution in [1.82, 2.24) is 10.3 Å². The smallest absolute Gasteiger partial charge is 0.215 e. The normalized spacial score (nSPS) is 22.2. The molecule has 1 saturated heterocycles. The number of halogens is 1. The molecule has 1 unspecified atom stereocenters. The lowest BCUT2D eigenvalue weighted by Gasteiger charge is -2.22. The van der Waals surface area contributed by atoms with Crippen molar-refractivity contribution in [3.05, 3.63) is 23.8 Å². The molecule has 1 aliphatic heterocycles. The van der Waals surface area contributed by atoms with E-state index < -0.39 is 5.95 Å². The lowest BCUT2D eigenvalue weighted by molar-refractivity contribution is 0.448. The Bertz CT molecular complexity index is 301. The van der Waals surface area contributed by atoms with E-state index in [1.54, 1.807) is 6.07 Å². The molecular weight excluding hydrogens is 181 g/mol. The van der Waals surface area contributed by atoms with Crippen molar-refractivity contribution < 1.29 is 4.39 Å². The van der Waals surface area contributed by atoms with Gasteiger partial charge in [0.15, 0.2) is 0 Å². The van der Waals surface area contributed by atoms with Gasteiger partial charge in [0.25, 0.3) is 0 Å². The number of nitrogens with zero attached hydrogens (tertiary/aromatic N) is 1. The first-order valence-corrected chi connectivity index (χ1v) is 4.89. The Morgan fingerprint density at radius 2 is 2.36 bits per heavy atom. The zero-order valence-corrected chi connectivity index (χ0v) is 7.96. The highest BCUT2D eigenvalue weighted by Gasteiger charge is 2.17. The Kier molecular flexibility index (Phi) is 2.63. The predicted molar refractivity (Wildman–Crippen MR) is 53.5 cm³/mol. The molecule has 0 saturated carbocycles. The molecule has 0 aromatic carbocycles.